The Kier molecular flexibility index (Phi) is 5.71. The second-order valence-corrected chi connectivity index (χ2v) is 8.62. The summed E-state index contributed by atoms with van der Waals surface area (Å²) >= 11 is 1.77. The van der Waals surface area contributed by atoms with E-state index in [-0.39, 0.29) is 16.2 Å². The minimum Gasteiger partial charge on any atom is -0.392 e. The molecule has 0 aliphatic heterocycles. The van der Waals surface area contributed by atoms with Crippen LogP contribution in [0.1, 0.15) is 37.7 Å². The maximum absolute atomic E-state index is 12.4. The summed E-state index contributed by atoms with van der Waals surface area (Å²) in [5.74, 6) is 0. The van der Waals surface area contributed by atoms with Crippen molar-refractivity contribution in [3.63, 3.8) is 0 Å². The lowest BCUT2D eigenvalue weighted by atomic mass is 9.88. The molecule has 6 heteroatoms. The fourth-order valence-corrected chi connectivity index (χ4v) is 4.97. The number of benzene rings is 1. The molecule has 118 valence electrons. The third-order valence-electron chi connectivity index (χ3n) is 4.17. The van der Waals surface area contributed by atoms with E-state index in [0.717, 1.165) is 12.8 Å². The first-order valence-corrected chi connectivity index (χ1v) is 9.97. The van der Waals surface area contributed by atoms with Crippen LogP contribution in [0.4, 0.5) is 0 Å². The van der Waals surface area contributed by atoms with Crippen LogP contribution in [-0.4, -0.2) is 31.1 Å². The second kappa shape index (κ2) is 7.13. The summed E-state index contributed by atoms with van der Waals surface area (Å²) in [4.78, 5) is 0.223. The highest BCUT2D eigenvalue weighted by Gasteiger charge is 2.32. The summed E-state index contributed by atoms with van der Waals surface area (Å²) in [6.45, 7) is 0.317. The second-order valence-electron chi connectivity index (χ2n) is 5.58. The van der Waals surface area contributed by atoms with Gasteiger partial charge in [0.05, 0.1) is 11.5 Å². The SMILES string of the molecule is CSC1(CNS(=O)(=O)c2cccc(CO)c2)CCCCC1. The highest BCUT2D eigenvalue weighted by Crippen LogP contribution is 2.38. The predicted octanol–water partition coefficient (Wildman–Crippen LogP) is 2.52. The van der Waals surface area contributed by atoms with Crippen LogP contribution < -0.4 is 4.72 Å². The van der Waals surface area contributed by atoms with Gasteiger partial charge < -0.3 is 5.11 Å². The van der Waals surface area contributed by atoms with Crippen molar-refractivity contribution >= 4 is 21.8 Å². The Hall–Kier alpha value is -0.560. The van der Waals surface area contributed by atoms with E-state index in [9.17, 15) is 8.42 Å². The fraction of sp³-hybridized carbons (Fsp3) is 0.600. The molecule has 0 bridgehead atoms. The predicted molar refractivity (Wildman–Crippen MR) is 86.9 cm³/mol. The first kappa shape index (κ1) is 16.8. The third kappa shape index (κ3) is 4.22. The molecule has 2 rings (SSSR count). The maximum atomic E-state index is 12.4. The summed E-state index contributed by atoms with van der Waals surface area (Å²) < 4.78 is 27.6. The normalized spacial score (nSPS) is 18.6. The van der Waals surface area contributed by atoms with Crippen LogP contribution in [0.3, 0.4) is 0 Å². The number of hydrogen-bond acceptors (Lipinski definition) is 4. The van der Waals surface area contributed by atoms with Gasteiger partial charge in [-0.25, -0.2) is 13.1 Å². The van der Waals surface area contributed by atoms with E-state index in [4.69, 9.17) is 5.11 Å². The molecule has 0 radical (unpaired) electrons. The highest BCUT2D eigenvalue weighted by molar-refractivity contribution is 8.00. The first-order valence-electron chi connectivity index (χ1n) is 7.26. The van der Waals surface area contributed by atoms with Gasteiger partial charge in [0.1, 0.15) is 0 Å². The Morgan fingerprint density at radius 1 is 1.29 bits per heavy atom. The number of nitrogens with one attached hydrogen (secondary N) is 1. The molecule has 1 saturated carbocycles. The summed E-state index contributed by atoms with van der Waals surface area (Å²) in [7, 11) is -3.51. The monoisotopic (exact) mass is 329 g/mol. The molecule has 0 unspecified atom stereocenters. The first-order chi connectivity index (χ1) is 10.0. The van der Waals surface area contributed by atoms with Crippen molar-refractivity contribution in [3.05, 3.63) is 29.8 Å². The van der Waals surface area contributed by atoms with E-state index in [2.05, 4.69) is 11.0 Å². The Morgan fingerprint density at radius 2 is 2.00 bits per heavy atom. The molecule has 1 aromatic carbocycles. The maximum Gasteiger partial charge on any atom is 0.240 e. The minimum atomic E-state index is -3.51. The molecule has 0 amide bonds. The van der Waals surface area contributed by atoms with Gasteiger partial charge in [0, 0.05) is 11.3 Å². The molecule has 0 aromatic heterocycles. The summed E-state index contributed by atoms with van der Waals surface area (Å²) in [5.41, 5.74) is 0.607. The van der Waals surface area contributed by atoms with E-state index >= 15 is 0 Å². The number of thioether (sulfide) groups is 1. The van der Waals surface area contributed by atoms with Crippen LogP contribution in [0.2, 0.25) is 0 Å². The molecule has 21 heavy (non-hydrogen) atoms. The molecule has 1 aliphatic rings. The van der Waals surface area contributed by atoms with Crippen LogP contribution in [0.5, 0.6) is 0 Å². The van der Waals surface area contributed by atoms with Crippen molar-refractivity contribution in [2.75, 3.05) is 12.8 Å². The third-order valence-corrected chi connectivity index (χ3v) is 6.99. The average molecular weight is 329 g/mol. The van der Waals surface area contributed by atoms with Crippen molar-refractivity contribution in [1.82, 2.24) is 4.72 Å². The van der Waals surface area contributed by atoms with Gasteiger partial charge in [0.15, 0.2) is 0 Å². The smallest absolute Gasteiger partial charge is 0.240 e. The van der Waals surface area contributed by atoms with Crippen molar-refractivity contribution < 1.29 is 13.5 Å². The van der Waals surface area contributed by atoms with E-state index in [1.54, 1.807) is 30.0 Å². The zero-order chi connectivity index (χ0) is 15.3. The molecule has 1 aliphatic carbocycles. The average Bonchev–Trinajstić information content (AvgIpc) is 2.54. The fourth-order valence-electron chi connectivity index (χ4n) is 2.77. The van der Waals surface area contributed by atoms with Crippen LogP contribution in [0.25, 0.3) is 0 Å². The Labute approximate surface area is 131 Å². The lowest BCUT2D eigenvalue weighted by molar-refractivity contribution is 0.281. The van der Waals surface area contributed by atoms with Gasteiger partial charge in [0.2, 0.25) is 10.0 Å². The van der Waals surface area contributed by atoms with Gasteiger partial charge in [-0.2, -0.15) is 11.8 Å². The number of hydrogen-bond donors (Lipinski definition) is 2. The molecule has 4 nitrogen and oxygen atoms in total. The van der Waals surface area contributed by atoms with Crippen LogP contribution >= 0.6 is 11.8 Å². The number of aliphatic hydroxyl groups is 1. The van der Waals surface area contributed by atoms with Gasteiger partial charge in [-0.15, -0.1) is 0 Å². The standard InChI is InChI=1S/C15H23NO3S2/c1-20-15(8-3-2-4-9-15)12-16-21(18,19)14-7-5-6-13(10-14)11-17/h5-7,10,16-17H,2-4,8-9,11-12H2,1H3. The van der Waals surface area contributed by atoms with Crippen molar-refractivity contribution in [2.24, 2.45) is 0 Å². The van der Waals surface area contributed by atoms with E-state index in [0.29, 0.717) is 12.1 Å². The molecule has 0 saturated heterocycles. The zero-order valence-electron chi connectivity index (χ0n) is 12.3. The molecule has 0 atom stereocenters. The van der Waals surface area contributed by atoms with Gasteiger partial charge in [0.25, 0.3) is 0 Å². The molecule has 2 N–H and O–H groups in total. The lowest BCUT2D eigenvalue weighted by Crippen LogP contribution is -2.41. The topological polar surface area (TPSA) is 66.4 Å². The summed E-state index contributed by atoms with van der Waals surface area (Å²) in [6, 6.07) is 6.46. The quantitative estimate of drug-likeness (QED) is 0.841. The van der Waals surface area contributed by atoms with Gasteiger partial charge in [-0.1, -0.05) is 31.4 Å². The summed E-state index contributed by atoms with van der Waals surface area (Å²) in [5, 5.41) is 9.12. The van der Waals surface area contributed by atoms with E-state index in [1.807, 2.05) is 0 Å². The summed E-state index contributed by atoms with van der Waals surface area (Å²) in [6.07, 6.45) is 7.77. The minimum absolute atomic E-state index is 0.0277. The molecular weight excluding hydrogens is 306 g/mol. The molecular formula is C15H23NO3S2. The molecule has 1 aromatic rings. The Bertz CT molecular complexity index is 566. The number of aliphatic hydroxyl groups excluding tert-OH is 1. The van der Waals surface area contributed by atoms with Crippen molar-refractivity contribution in [1.29, 1.82) is 0 Å². The van der Waals surface area contributed by atoms with Crippen molar-refractivity contribution in [3.8, 4) is 0 Å². The zero-order valence-corrected chi connectivity index (χ0v) is 14.0. The van der Waals surface area contributed by atoms with E-state index < -0.39 is 10.0 Å². The van der Waals surface area contributed by atoms with Gasteiger partial charge >= 0.3 is 0 Å². The van der Waals surface area contributed by atoms with Crippen molar-refractivity contribution in [2.45, 2.75) is 48.4 Å². The number of rotatable bonds is 6. The molecule has 0 heterocycles. The highest BCUT2D eigenvalue weighted by atomic mass is 32.2. The largest absolute Gasteiger partial charge is 0.392 e. The molecule has 0 spiro atoms. The number of sulfonamides is 1. The van der Waals surface area contributed by atoms with Gasteiger partial charge in [-0.3, -0.25) is 0 Å². The van der Waals surface area contributed by atoms with E-state index in [1.165, 1.54) is 25.3 Å². The lowest BCUT2D eigenvalue weighted by Gasteiger charge is -2.35. The van der Waals surface area contributed by atoms with Crippen LogP contribution in [0.15, 0.2) is 29.2 Å². The Balaban J connectivity index is 2.09. The van der Waals surface area contributed by atoms with Gasteiger partial charge in [-0.05, 0) is 36.8 Å². The molecule has 1 fully saturated rings. The van der Waals surface area contributed by atoms with Crippen LogP contribution in [-0.2, 0) is 16.6 Å². The van der Waals surface area contributed by atoms with Crippen LogP contribution in [0, 0.1) is 0 Å². The Morgan fingerprint density at radius 3 is 2.62 bits per heavy atom.